The molecular formula is C21H19ClN8. The summed E-state index contributed by atoms with van der Waals surface area (Å²) in [5.41, 5.74) is 8.09. The molecule has 150 valence electrons. The van der Waals surface area contributed by atoms with Gasteiger partial charge in [0.05, 0.1) is 22.7 Å². The number of H-pyrrole nitrogens is 1. The molecule has 0 saturated carbocycles. The third-order valence-corrected chi connectivity index (χ3v) is 5.35. The number of fused-ring (bicyclic) bond motifs is 2. The fourth-order valence-corrected chi connectivity index (χ4v) is 3.83. The minimum Gasteiger partial charge on any atom is -0.368 e. The number of aromatic amines is 1. The van der Waals surface area contributed by atoms with E-state index in [0.717, 1.165) is 16.3 Å². The Morgan fingerprint density at radius 3 is 2.80 bits per heavy atom. The molecule has 0 saturated heterocycles. The van der Waals surface area contributed by atoms with Crippen molar-refractivity contribution in [3.63, 3.8) is 0 Å². The smallest absolute Gasteiger partial charge is 0.224 e. The predicted molar refractivity (Wildman–Crippen MR) is 119 cm³/mol. The Morgan fingerprint density at radius 1 is 1.13 bits per heavy atom. The number of nitrogen functional groups attached to an aromatic ring is 1. The Balaban J connectivity index is 1.59. The van der Waals surface area contributed by atoms with E-state index in [2.05, 4.69) is 30.2 Å². The van der Waals surface area contributed by atoms with Crippen LogP contribution in [0.1, 0.15) is 6.92 Å². The molecule has 0 aliphatic carbocycles. The summed E-state index contributed by atoms with van der Waals surface area (Å²) >= 11 is 6.45. The van der Waals surface area contributed by atoms with E-state index in [0.29, 0.717) is 22.0 Å². The predicted octanol–water partition coefficient (Wildman–Crippen LogP) is 2.29. The molecule has 2 aromatic carbocycles. The van der Waals surface area contributed by atoms with Gasteiger partial charge in [-0.05, 0) is 31.2 Å². The van der Waals surface area contributed by atoms with Crippen LogP contribution in [0.5, 0.6) is 0 Å². The lowest BCUT2D eigenvalue weighted by molar-refractivity contribution is 0.584. The summed E-state index contributed by atoms with van der Waals surface area (Å²) in [5, 5.41) is 5.85. The van der Waals surface area contributed by atoms with Gasteiger partial charge in [-0.15, -0.1) is 0 Å². The third-order valence-electron chi connectivity index (χ3n) is 5.02. The van der Waals surface area contributed by atoms with Crippen LogP contribution in [0.25, 0.3) is 17.4 Å². The number of hydrogen-bond acceptors (Lipinski definition) is 7. The summed E-state index contributed by atoms with van der Waals surface area (Å²) in [6, 6.07) is 15.7. The highest BCUT2D eigenvalue weighted by Crippen LogP contribution is 2.24. The lowest BCUT2D eigenvalue weighted by Gasteiger charge is -2.34. The standard InChI is InChI=1S/C21H19ClN8/c1-12(26-19-17-18(25-11-24-17)28-21(23)29-19)20-27-16-9-5-8-15(22)14(16)10-30(20)13-6-3-2-4-7-13/h2-12,20H,1H3,(H4,23,24,25,26,28,29). The zero-order valence-corrected chi connectivity index (χ0v) is 16.9. The maximum Gasteiger partial charge on any atom is 0.224 e. The van der Waals surface area contributed by atoms with E-state index in [4.69, 9.17) is 22.3 Å². The molecule has 0 amide bonds. The lowest BCUT2D eigenvalue weighted by Crippen LogP contribution is -2.49. The zero-order valence-electron chi connectivity index (χ0n) is 16.1. The zero-order chi connectivity index (χ0) is 20.7. The average molecular weight is 419 g/mol. The SMILES string of the molecule is CC(Nc1nc(N)nc2nc[nH]c12)C1N=c2cccc(Cl)c2=CN1c1ccccc1. The molecule has 0 radical (unpaired) electrons. The number of halogens is 1. The van der Waals surface area contributed by atoms with Crippen LogP contribution >= 0.6 is 11.6 Å². The van der Waals surface area contributed by atoms with Crippen molar-refractivity contribution in [3.05, 3.63) is 70.5 Å². The quantitative estimate of drug-likeness (QED) is 0.469. The largest absolute Gasteiger partial charge is 0.368 e. The highest BCUT2D eigenvalue weighted by atomic mass is 35.5. The maximum atomic E-state index is 6.45. The second kappa shape index (κ2) is 7.31. The molecule has 3 heterocycles. The number of nitrogens with zero attached hydrogens (tertiary/aromatic N) is 5. The molecule has 0 fully saturated rings. The van der Waals surface area contributed by atoms with Crippen molar-refractivity contribution in [1.82, 2.24) is 19.9 Å². The van der Waals surface area contributed by atoms with Crippen molar-refractivity contribution in [2.75, 3.05) is 16.0 Å². The number of imidazole rings is 1. The first-order valence-electron chi connectivity index (χ1n) is 9.51. The molecule has 1 aliphatic heterocycles. The molecule has 1 aliphatic rings. The van der Waals surface area contributed by atoms with Crippen molar-refractivity contribution in [1.29, 1.82) is 0 Å². The van der Waals surface area contributed by atoms with Gasteiger partial charge in [0.1, 0.15) is 11.7 Å². The van der Waals surface area contributed by atoms with Crippen molar-refractivity contribution < 1.29 is 0 Å². The van der Waals surface area contributed by atoms with Crippen LogP contribution in [-0.2, 0) is 0 Å². The van der Waals surface area contributed by atoms with Crippen LogP contribution in [0.3, 0.4) is 0 Å². The monoisotopic (exact) mass is 418 g/mol. The molecule has 4 aromatic rings. The fraction of sp³-hybridized carbons (Fsp3) is 0.143. The van der Waals surface area contributed by atoms with E-state index in [1.807, 2.05) is 61.7 Å². The van der Waals surface area contributed by atoms with Gasteiger partial charge in [0.25, 0.3) is 0 Å². The molecule has 5 rings (SSSR count). The van der Waals surface area contributed by atoms with Gasteiger partial charge in [0.2, 0.25) is 5.95 Å². The molecule has 0 spiro atoms. The van der Waals surface area contributed by atoms with Crippen LogP contribution in [-0.4, -0.2) is 32.1 Å². The van der Waals surface area contributed by atoms with Crippen LogP contribution in [0, 0.1) is 0 Å². The van der Waals surface area contributed by atoms with E-state index in [9.17, 15) is 0 Å². The summed E-state index contributed by atoms with van der Waals surface area (Å²) in [7, 11) is 0. The summed E-state index contributed by atoms with van der Waals surface area (Å²) in [4.78, 5) is 22.9. The van der Waals surface area contributed by atoms with E-state index >= 15 is 0 Å². The highest BCUT2D eigenvalue weighted by molar-refractivity contribution is 6.30. The van der Waals surface area contributed by atoms with Crippen molar-refractivity contribution in [2.45, 2.75) is 19.1 Å². The van der Waals surface area contributed by atoms with E-state index < -0.39 is 0 Å². The number of anilines is 3. The molecule has 2 aromatic heterocycles. The molecule has 4 N–H and O–H groups in total. The van der Waals surface area contributed by atoms with Gasteiger partial charge >= 0.3 is 0 Å². The topological polar surface area (TPSA) is 108 Å². The Morgan fingerprint density at radius 2 is 1.97 bits per heavy atom. The molecule has 2 atom stereocenters. The lowest BCUT2D eigenvalue weighted by atomic mass is 10.1. The minimum atomic E-state index is -0.243. The minimum absolute atomic E-state index is 0.130. The first-order chi connectivity index (χ1) is 14.6. The van der Waals surface area contributed by atoms with Crippen molar-refractivity contribution in [3.8, 4) is 0 Å². The molecule has 9 heteroatoms. The first-order valence-corrected chi connectivity index (χ1v) is 9.89. The maximum absolute atomic E-state index is 6.45. The van der Waals surface area contributed by atoms with Gasteiger partial charge in [-0.2, -0.15) is 9.97 Å². The normalized spacial score (nSPS) is 16.5. The second-order valence-corrected chi connectivity index (χ2v) is 7.46. The van der Waals surface area contributed by atoms with E-state index in [-0.39, 0.29) is 18.2 Å². The summed E-state index contributed by atoms with van der Waals surface area (Å²) in [6.07, 6.45) is 3.37. The molecule has 30 heavy (non-hydrogen) atoms. The van der Waals surface area contributed by atoms with Gasteiger partial charge in [-0.1, -0.05) is 35.9 Å². The second-order valence-electron chi connectivity index (χ2n) is 7.05. The molecule has 2 unspecified atom stereocenters. The Labute approximate surface area is 177 Å². The Hall–Kier alpha value is -3.65. The summed E-state index contributed by atoms with van der Waals surface area (Å²) in [5.74, 6) is 0.746. The van der Waals surface area contributed by atoms with Gasteiger partial charge < -0.3 is 20.9 Å². The average Bonchev–Trinajstić information content (AvgIpc) is 3.22. The van der Waals surface area contributed by atoms with Gasteiger partial charge in [-0.3, -0.25) is 4.99 Å². The van der Waals surface area contributed by atoms with Gasteiger partial charge in [0, 0.05) is 17.1 Å². The van der Waals surface area contributed by atoms with Crippen LogP contribution in [0.2, 0.25) is 5.02 Å². The van der Waals surface area contributed by atoms with Crippen molar-refractivity contribution in [2.24, 2.45) is 4.99 Å². The van der Waals surface area contributed by atoms with E-state index in [1.54, 1.807) is 6.33 Å². The number of nitrogens with two attached hydrogens (primary N) is 1. The van der Waals surface area contributed by atoms with Crippen LogP contribution in [0.4, 0.5) is 17.5 Å². The fourth-order valence-electron chi connectivity index (χ4n) is 3.61. The van der Waals surface area contributed by atoms with Gasteiger partial charge in [-0.25, -0.2) is 4.98 Å². The summed E-state index contributed by atoms with van der Waals surface area (Å²) < 4.78 is 0. The number of nitrogens with one attached hydrogen (secondary N) is 2. The number of benzene rings is 2. The number of aromatic nitrogens is 4. The van der Waals surface area contributed by atoms with Crippen molar-refractivity contribution >= 4 is 46.4 Å². The summed E-state index contributed by atoms with van der Waals surface area (Å²) in [6.45, 7) is 2.05. The van der Waals surface area contributed by atoms with E-state index in [1.165, 1.54) is 0 Å². The molecule has 8 nitrogen and oxygen atoms in total. The number of para-hydroxylation sites is 1. The number of rotatable bonds is 4. The first kappa shape index (κ1) is 18.4. The van der Waals surface area contributed by atoms with Crippen LogP contribution < -0.4 is 26.5 Å². The third kappa shape index (κ3) is 3.21. The Bertz CT molecular complexity index is 1330. The Kier molecular flexibility index (Phi) is 4.48. The molecule has 0 bridgehead atoms. The number of hydrogen-bond donors (Lipinski definition) is 3. The van der Waals surface area contributed by atoms with Crippen LogP contribution in [0.15, 0.2) is 59.9 Å². The van der Waals surface area contributed by atoms with Gasteiger partial charge in [0.15, 0.2) is 11.5 Å². The highest BCUT2D eigenvalue weighted by Gasteiger charge is 2.27. The molecular weight excluding hydrogens is 400 g/mol.